The van der Waals surface area contributed by atoms with Crippen LogP contribution in [0.5, 0.6) is 11.5 Å². The first kappa shape index (κ1) is 31.2. The third-order valence-electron chi connectivity index (χ3n) is 6.74. The van der Waals surface area contributed by atoms with Gasteiger partial charge in [0.1, 0.15) is 11.5 Å². The van der Waals surface area contributed by atoms with Crippen LogP contribution in [0.2, 0.25) is 0 Å². The van der Waals surface area contributed by atoms with Crippen LogP contribution in [0.3, 0.4) is 0 Å². The zero-order valence-corrected chi connectivity index (χ0v) is 23.3. The number of carboxylic acids is 2. The maximum absolute atomic E-state index is 13.1. The van der Waals surface area contributed by atoms with Crippen LogP contribution in [0.25, 0.3) is 23.1 Å². The van der Waals surface area contributed by atoms with Gasteiger partial charge in [0.05, 0.1) is 25.2 Å². The van der Waals surface area contributed by atoms with E-state index >= 15 is 0 Å². The van der Waals surface area contributed by atoms with E-state index in [1.165, 1.54) is 18.2 Å². The molecule has 7 nitrogen and oxygen atoms in total. The van der Waals surface area contributed by atoms with Crippen molar-refractivity contribution < 1.29 is 42.4 Å². The quantitative estimate of drug-likeness (QED) is 0.109. The number of ether oxygens (including phenoxy) is 2. The molecule has 10 heteroatoms. The van der Waals surface area contributed by atoms with Crippen molar-refractivity contribution >= 4 is 35.0 Å². The van der Waals surface area contributed by atoms with E-state index in [0.29, 0.717) is 43.7 Å². The van der Waals surface area contributed by atoms with Crippen molar-refractivity contribution in [1.82, 2.24) is 4.57 Å². The van der Waals surface area contributed by atoms with Gasteiger partial charge in [0.25, 0.3) is 0 Å². The molecule has 0 bridgehead atoms. The summed E-state index contributed by atoms with van der Waals surface area (Å²) < 4.78 is 52.2. The summed E-state index contributed by atoms with van der Waals surface area (Å²) in [5.74, 6) is -1.34. The van der Waals surface area contributed by atoms with Crippen LogP contribution in [-0.2, 0) is 28.7 Å². The van der Waals surface area contributed by atoms with E-state index < -0.39 is 23.7 Å². The van der Waals surface area contributed by atoms with Gasteiger partial charge in [-0.2, -0.15) is 13.2 Å². The van der Waals surface area contributed by atoms with Gasteiger partial charge < -0.3 is 24.3 Å². The molecule has 43 heavy (non-hydrogen) atoms. The van der Waals surface area contributed by atoms with E-state index in [0.717, 1.165) is 28.1 Å². The molecule has 0 aliphatic rings. The zero-order chi connectivity index (χ0) is 30.8. The number of carboxylic acid groups (broad SMARTS) is 2. The Morgan fingerprint density at radius 1 is 0.814 bits per heavy atom. The first-order chi connectivity index (χ1) is 20.6. The van der Waals surface area contributed by atoms with Crippen LogP contribution >= 0.6 is 0 Å². The molecule has 0 radical (unpaired) electrons. The van der Waals surface area contributed by atoms with Gasteiger partial charge in [0, 0.05) is 30.1 Å². The third kappa shape index (κ3) is 8.88. The Morgan fingerprint density at radius 2 is 1.53 bits per heavy atom. The molecule has 1 aromatic heterocycles. The van der Waals surface area contributed by atoms with Crippen molar-refractivity contribution in [1.29, 1.82) is 0 Å². The molecule has 0 fully saturated rings. The highest BCUT2D eigenvalue weighted by Crippen LogP contribution is 2.36. The van der Waals surface area contributed by atoms with Gasteiger partial charge in [-0.05, 0) is 66.3 Å². The molecule has 4 aromatic rings. The van der Waals surface area contributed by atoms with Crippen LogP contribution in [0.1, 0.15) is 47.9 Å². The Kier molecular flexibility index (Phi) is 10.5. The summed E-state index contributed by atoms with van der Waals surface area (Å²) in [6, 6.07) is 18.3. The lowest BCUT2D eigenvalue weighted by atomic mass is 10.0. The summed E-state index contributed by atoms with van der Waals surface area (Å²) >= 11 is 0. The predicted molar refractivity (Wildman–Crippen MR) is 157 cm³/mol. The number of rotatable bonds is 15. The number of hydrogen-bond donors (Lipinski definition) is 2. The van der Waals surface area contributed by atoms with Gasteiger partial charge in [-0.25, -0.2) is 0 Å². The molecule has 226 valence electrons. The molecule has 2 N–H and O–H groups in total. The van der Waals surface area contributed by atoms with Gasteiger partial charge in [-0.1, -0.05) is 48.6 Å². The van der Waals surface area contributed by atoms with Gasteiger partial charge >= 0.3 is 18.1 Å². The van der Waals surface area contributed by atoms with Crippen LogP contribution in [-0.4, -0.2) is 39.9 Å². The van der Waals surface area contributed by atoms with Crippen LogP contribution < -0.4 is 9.47 Å². The summed E-state index contributed by atoms with van der Waals surface area (Å²) in [5.41, 5.74) is 2.48. The minimum Gasteiger partial charge on any atom is -0.494 e. The Hall–Kier alpha value is -4.73. The zero-order valence-electron chi connectivity index (χ0n) is 23.3. The first-order valence-corrected chi connectivity index (χ1v) is 13.9. The fourth-order valence-electron chi connectivity index (χ4n) is 4.75. The maximum Gasteiger partial charge on any atom is 0.419 e. The number of fused-ring (bicyclic) bond motifs is 1. The first-order valence-electron chi connectivity index (χ1n) is 13.9. The minimum atomic E-state index is -4.46. The lowest BCUT2D eigenvalue weighted by Gasteiger charge is -2.13. The second kappa shape index (κ2) is 14.4. The van der Waals surface area contributed by atoms with Crippen molar-refractivity contribution in [3.05, 3.63) is 95.2 Å². The monoisotopic (exact) mass is 595 g/mol. The summed E-state index contributed by atoms with van der Waals surface area (Å²) in [6.45, 7) is 1.00. The Bertz CT molecular complexity index is 1570. The molecule has 4 rings (SSSR count). The van der Waals surface area contributed by atoms with E-state index in [-0.39, 0.29) is 25.2 Å². The minimum absolute atomic E-state index is 0.0298. The number of carbonyl (C=O) groups is 2. The second-order valence-corrected chi connectivity index (χ2v) is 9.96. The number of aryl methyl sites for hydroxylation is 1. The number of nitrogens with zero attached hydrogens (tertiary/aromatic N) is 1. The Balaban J connectivity index is 1.33. The number of hydrogen-bond acceptors (Lipinski definition) is 4. The van der Waals surface area contributed by atoms with E-state index in [9.17, 15) is 27.9 Å². The maximum atomic E-state index is 13.1. The second-order valence-electron chi connectivity index (χ2n) is 9.96. The van der Waals surface area contributed by atoms with E-state index in [4.69, 9.17) is 14.6 Å². The molecule has 0 atom stereocenters. The molecule has 0 amide bonds. The molecule has 0 saturated carbocycles. The fraction of sp³-hybridized carbons (Fsp3) is 0.273. The van der Waals surface area contributed by atoms with Crippen molar-refractivity contribution in [3.63, 3.8) is 0 Å². The van der Waals surface area contributed by atoms with Crippen molar-refractivity contribution in [2.75, 3.05) is 13.2 Å². The summed E-state index contributed by atoms with van der Waals surface area (Å²) in [5, 5.41) is 19.2. The molecule has 0 saturated heterocycles. The van der Waals surface area contributed by atoms with E-state index in [1.807, 2.05) is 59.2 Å². The molecule has 0 unspecified atom stereocenters. The number of para-hydroxylation sites is 1. The summed E-state index contributed by atoms with van der Waals surface area (Å²) in [6.07, 6.45) is 2.62. The number of halogens is 3. The average Bonchev–Trinajstić information content (AvgIpc) is 3.31. The van der Waals surface area contributed by atoms with Crippen molar-refractivity contribution in [2.24, 2.45) is 0 Å². The number of aliphatic carboxylic acids is 2. The molecular formula is C33H32F3NO6. The topological polar surface area (TPSA) is 98.0 Å². The summed E-state index contributed by atoms with van der Waals surface area (Å²) in [4.78, 5) is 22.4. The number of aromatic nitrogens is 1. The van der Waals surface area contributed by atoms with Crippen molar-refractivity contribution in [3.8, 4) is 11.5 Å². The fourth-order valence-corrected chi connectivity index (χ4v) is 4.75. The van der Waals surface area contributed by atoms with Gasteiger partial charge in [0.15, 0.2) is 0 Å². The third-order valence-corrected chi connectivity index (χ3v) is 6.74. The van der Waals surface area contributed by atoms with E-state index in [1.54, 1.807) is 6.20 Å². The molecule has 0 spiro atoms. The Labute approximate surface area is 246 Å². The van der Waals surface area contributed by atoms with Crippen LogP contribution in [0.4, 0.5) is 13.2 Å². The van der Waals surface area contributed by atoms with E-state index in [2.05, 4.69) is 0 Å². The normalized spacial score (nSPS) is 11.7. The van der Waals surface area contributed by atoms with Crippen LogP contribution in [0, 0.1) is 0 Å². The Morgan fingerprint density at radius 3 is 2.23 bits per heavy atom. The molecule has 1 heterocycles. The standard InChI is InChI=1S/C33H32F3NO6/c34-33(35,36)27-8-1-2-10-29(27)43-20-4-3-19-42-26-16-13-23(14-17-26)12-15-24-7-5-9-28-32(24)25(21-31(40)41)22-37(28)18-6-11-30(38)39/h1-2,5,7-10,12-17,22H,3-4,6,11,18-21H2,(H,38,39)(H,40,41). The van der Waals surface area contributed by atoms with Gasteiger partial charge in [0.2, 0.25) is 0 Å². The predicted octanol–water partition coefficient (Wildman–Crippen LogP) is 7.56. The van der Waals surface area contributed by atoms with Gasteiger partial charge in [-0.3, -0.25) is 9.59 Å². The van der Waals surface area contributed by atoms with Gasteiger partial charge in [-0.15, -0.1) is 0 Å². The number of alkyl halides is 3. The smallest absolute Gasteiger partial charge is 0.419 e. The lowest BCUT2D eigenvalue weighted by Crippen LogP contribution is -2.09. The average molecular weight is 596 g/mol. The lowest BCUT2D eigenvalue weighted by molar-refractivity contribution is -0.139. The largest absolute Gasteiger partial charge is 0.494 e. The van der Waals surface area contributed by atoms with Crippen molar-refractivity contribution in [2.45, 2.75) is 44.8 Å². The summed E-state index contributed by atoms with van der Waals surface area (Å²) in [7, 11) is 0. The molecule has 0 aliphatic carbocycles. The number of unbranched alkanes of at least 4 members (excludes halogenated alkanes) is 1. The highest BCUT2D eigenvalue weighted by atomic mass is 19.4. The number of benzene rings is 3. The highest BCUT2D eigenvalue weighted by molar-refractivity contribution is 5.96. The SMILES string of the molecule is O=C(O)CCCn1cc(CC(=O)O)c2c(C=Cc3ccc(OCCCCOc4ccccc4C(F)(F)F)cc3)cccc21. The highest BCUT2D eigenvalue weighted by Gasteiger charge is 2.33. The molecule has 3 aromatic carbocycles. The van der Waals surface area contributed by atoms with Crippen LogP contribution in [0.15, 0.2) is 72.9 Å². The molecular weight excluding hydrogens is 563 g/mol. The molecule has 0 aliphatic heterocycles.